The van der Waals surface area contributed by atoms with Crippen LogP contribution in [0.5, 0.6) is 0 Å². The Balaban J connectivity index is 1.61. The summed E-state index contributed by atoms with van der Waals surface area (Å²) >= 11 is 0. The van der Waals surface area contributed by atoms with Crippen molar-refractivity contribution < 1.29 is 14.3 Å². The topological polar surface area (TPSA) is 91.0 Å². The second-order valence-corrected chi connectivity index (χ2v) is 6.87. The molecule has 3 aromatic rings. The van der Waals surface area contributed by atoms with Crippen LogP contribution in [0.3, 0.4) is 0 Å². The van der Waals surface area contributed by atoms with E-state index in [-0.39, 0.29) is 11.8 Å². The molecule has 1 N–H and O–H groups in total. The van der Waals surface area contributed by atoms with Crippen LogP contribution in [-0.2, 0) is 11.3 Å². The second-order valence-electron chi connectivity index (χ2n) is 6.87. The van der Waals surface area contributed by atoms with Crippen molar-refractivity contribution in [1.29, 1.82) is 0 Å². The monoisotopic (exact) mass is 395 g/mol. The molecule has 0 aliphatic rings. The highest BCUT2D eigenvalue weighted by Gasteiger charge is 2.16. The molecule has 0 aliphatic carbocycles. The van der Waals surface area contributed by atoms with Gasteiger partial charge in [-0.15, -0.1) is 0 Å². The minimum absolute atomic E-state index is 0.131. The summed E-state index contributed by atoms with van der Waals surface area (Å²) in [5.41, 5.74) is 2.45. The first-order valence-electron chi connectivity index (χ1n) is 9.57. The van der Waals surface area contributed by atoms with E-state index in [0.29, 0.717) is 30.0 Å². The average molecular weight is 395 g/mol. The Morgan fingerprint density at radius 1 is 1.21 bits per heavy atom. The molecule has 1 aromatic carbocycles. The fourth-order valence-corrected chi connectivity index (χ4v) is 2.99. The van der Waals surface area contributed by atoms with Gasteiger partial charge in [0.1, 0.15) is 5.56 Å². The number of ether oxygens (including phenoxy) is 1. The molecule has 2 heterocycles. The molecule has 3 rings (SSSR count). The summed E-state index contributed by atoms with van der Waals surface area (Å²) in [6.07, 6.45) is 5.14. The molecule has 0 saturated heterocycles. The highest BCUT2D eigenvalue weighted by Crippen LogP contribution is 2.16. The van der Waals surface area contributed by atoms with Gasteiger partial charge >= 0.3 is 5.97 Å². The zero-order chi connectivity index (χ0) is 20.8. The fourth-order valence-electron chi connectivity index (χ4n) is 2.99. The number of hydrogen-bond acceptors (Lipinski definition) is 5. The van der Waals surface area contributed by atoms with E-state index in [0.717, 1.165) is 12.2 Å². The molecular weight excluding hydrogens is 370 g/mol. The van der Waals surface area contributed by atoms with Crippen LogP contribution in [0.25, 0.3) is 5.69 Å². The first kappa shape index (κ1) is 20.3. The fraction of sp³-hybridized carbons (Fsp3) is 0.333. The molecule has 0 spiro atoms. The third-order valence-electron chi connectivity index (χ3n) is 4.55. The van der Waals surface area contributed by atoms with E-state index in [1.165, 1.54) is 6.20 Å². The van der Waals surface area contributed by atoms with E-state index >= 15 is 0 Å². The Morgan fingerprint density at radius 2 is 1.97 bits per heavy atom. The first-order valence-corrected chi connectivity index (χ1v) is 9.57. The lowest BCUT2D eigenvalue weighted by molar-refractivity contribution is 0.0525. The number of nitrogens with zero attached hydrogens (tertiary/aromatic N) is 4. The summed E-state index contributed by atoms with van der Waals surface area (Å²) < 4.78 is 8.54. The summed E-state index contributed by atoms with van der Waals surface area (Å²) in [7, 11) is 0. The molecule has 29 heavy (non-hydrogen) atoms. The van der Waals surface area contributed by atoms with Crippen LogP contribution in [0, 0.1) is 12.8 Å². The van der Waals surface area contributed by atoms with Gasteiger partial charge in [0, 0.05) is 31.0 Å². The third-order valence-corrected chi connectivity index (χ3v) is 4.55. The van der Waals surface area contributed by atoms with Gasteiger partial charge < -0.3 is 10.1 Å². The first-order chi connectivity index (χ1) is 14.0. The molecule has 1 amide bonds. The number of carbonyl (C=O) groups excluding carboxylic acids is 2. The predicted octanol–water partition coefficient (Wildman–Crippen LogP) is 2.62. The van der Waals surface area contributed by atoms with Gasteiger partial charge in [0.25, 0.3) is 5.91 Å². The van der Waals surface area contributed by atoms with Gasteiger partial charge in [-0.25, -0.2) is 9.48 Å². The third kappa shape index (κ3) is 4.90. The quantitative estimate of drug-likeness (QED) is 0.592. The largest absolute Gasteiger partial charge is 0.462 e. The van der Waals surface area contributed by atoms with Gasteiger partial charge in [0.15, 0.2) is 0 Å². The van der Waals surface area contributed by atoms with Crippen LogP contribution in [0.15, 0.2) is 48.9 Å². The lowest BCUT2D eigenvalue weighted by atomic mass is 10.1. The van der Waals surface area contributed by atoms with Gasteiger partial charge in [0.05, 0.1) is 24.2 Å². The Bertz CT molecular complexity index is 961. The van der Waals surface area contributed by atoms with Crippen LogP contribution >= 0.6 is 0 Å². The van der Waals surface area contributed by atoms with Gasteiger partial charge in [-0.2, -0.15) is 10.2 Å². The van der Waals surface area contributed by atoms with Crippen molar-refractivity contribution in [3.63, 3.8) is 0 Å². The van der Waals surface area contributed by atoms with Crippen molar-refractivity contribution in [3.05, 3.63) is 65.7 Å². The summed E-state index contributed by atoms with van der Waals surface area (Å²) in [6, 6.07) is 8.97. The molecule has 152 valence electrons. The van der Waals surface area contributed by atoms with Crippen molar-refractivity contribution >= 4 is 11.9 Å². The van der Waals surface area contributed by atoms with Crippen LogP contribution in [0.1, 0.15) is 40.3 Å². The van der Waals surface area contributed by atoms with Crippen LogP contribution in [-0.4, -0.2) is 44.6 Å². The van der Waals surface area contributed by atoms with Gasteiger partial charge in [-0.05, 0) is 50.1 Å². The second kappa shape index (κ2) is 9.18. The number of aromatic nitrogens is 4. The van der Waals surface area contributed by atoms with Crippen molar-refractivity contribution in [2.75, 3.05) is 13.2 Å². The molecule has 0 radical (unpaired) electrons. The molecule has 0 fully saturated rings. The minimum atomic E-state index is -0.392. The van der Waals surface area contributed by atoms with Crippen molar-refractivity contribution in [2.24, 2.45) is 5.92 Å². The molecular formula is C21H25N5O3. The van der Waals surface area contributed by atoms with E-state index in [1.54, 1.807) is 49.0 Å². The Labute approximate surface area is 169 Å². The molecule has 0 bridgehead atoms. The molecule has 1 unspecified atom stereocenters. The van der Waals surface area contributed by atoms with Crippen LogP contribution in [0.2, 0.25) is 0 Å². The van der Waals surface area contributed by atoms with Gasteiger partial charge in [-0.3, -0.25) is 9.48 Å². The van der Waals surface area contributed by atoms with Gasteiger partial charge in [0.2, 0.25) is 0 Å². The lowest BCUT2D eigenvalue weighted by Gasteiger charge is -2.13. The van der Waals surface area contributed by atoms with E-state index in [2.05, 4.69) is 22.4 Å². The Hall–Kier alpha value is -3.42. The highest BCUT2D eigenvalue weighted by molar-refractivity contribution is 5.94. The normalized spacial score (nSPS) is 11.8. The SMILES string of the molecule is CCOC(=O)c1cnn(-c2ccc(C(=O)NCC(C)Cn3cccn3)cc2)c1C. The highest BCUT2D eigenvalue weighted by atomic mass is 16.5. The molecule has 0 saturated carbocycles. The maximum Gasteiger partial charge on any atom is 0.341 e. The van der Waals surface area contributed by atoms with E-state index < -0.39 is 5.97 Å². The summed E-state index contributed by atoms with van der Waals surface area (Å²) in [5, 5.41) is 11.4. The number of esters is 1. The van der Waals surface area contributed by atoms with E-state index in [9.17, 15) is 9.59 Å². The zero-order valence-electron chi connectivity index (χ0n) is 16.8. The average Bonchev–Trinajstić information content (AvgIpc) is 3.36. The standard InChI is InChI=1S/C21H25N5O3/c1-4-29-21(28)19-13-24-26(16(19)3)18-8-6-17(7-9-18)20(27)22-12-15(2)14-25-11-5-10-23-25/h5-11,13,15H,4,12,14H2,1-3H3,(H,22,27). The van der Waals surface area contributed by atoms with E-state index in [4.69, 9.17) is 4.74 Å². The maximum absolute atomic E-state index is 12.4. The lowest BCUT2D eigenvalue weighted by Crippen LogP contribution is -2.30. The van der Waals surface area contributed by atoms with Crippen molar-refractivity contribution in [1.82, 2.24) is 24.9 Å². The molecule has 8 nitrogen and oxygen atoms in total. The number of hydrogen-bond donors (Lipinski definition) is 1. The van der Waals surface area contributed by atoms with E-state index in [1.807, 2.05) is 16.9 Å². The molecule has 1 atom stereocenters. The smallest absolute Gasteiger partial charge is 0.341 e. The molecule has 0 aliphatic heterocycles. The number of benzene rings is 1. The van der Waals surface area contributed by atoms with Gasteiger partial charge in [-0.1, -0.05) is 6.92 Å². The number of carbonyl (C=O) groups is 2. The summed E-state index contributed by atoms with van der Waals surface area (Å²) in [6.45, 7) is 7.25. The predicted molar refractivity (Wildman–Crippen MR) is 108 cm³/mol. The van der Waals surface area contributed by atoms with Crippen molar-refractivity contribution in [3.8, 4) is 5.69 Å². The summed E-state index contributed by atoms with van der Waals surface area (Å²) in [4.78, 5) is 24.4. The van der Waals surface area contributed by atoms with Crippen LogP contribution in [0.4, 0.5) is 0 Å². The summed E-state index contributed by atoms with van der Waals surface area (Å²) in [5.74, 6) is -0.268. The van der Waals surface area contributed by atoms with Crippen molar-refractivity contribution in [2.45, 2.75) is 27.3 Å². The number of rotatable bonds is 8. The van der Waals surface area contributed by atoms with Crippen LogP contribution < -0.4 is 5.32 Å². The molecule has 8 heteroatoms. The maximum atomic E-state index is 12.4. The number of nitrogens with one attached hydrogen (secondary N) is 1. The Kier molecular flexibility index (Phi) is 6.43. The molecule has 2 aromatic heterocycles. The minimum Gasteiger partial charge on any atom is -0.462 e. The Morgan fingerprint density at radius 3 is 2.62 bits per heavy atom. The number of amides is 1. The zero-order valence-corrected chi connectivity index (χ0v) is 16.8.